The van der Waals surface area contributed by atoms with Crippen LogP contribution in [0.25, 0.3) is 0 Å². The first kappa shape index (κ1) is 23.3. The average Bonchev–Trinajstić information content (AvgIpc) is 2.85. The third-order valence-corrected chi connectivity index (χ3v) is 6.85. The quantitative estimate of drug-likeness (QED) is 0.648. The first-order valence-electron chi connectivity index (χ1n) is 12.2. The lowest BCUT2D eigenvalue weighted by atomic mass is 9.92. The number of carbonyl (C=O) groups excluding carboxylic acids is 2. The lowest BCUT2D eigenvalue weighted by Gasteiger charge is -2.32. The molecule has 2 aliphatic rings. The molecule has 4 rings (SSSR count). The number of para-hydroxylation sites is 1. The predicted octanol–water partition coefficient (Wildman–Crippen LogP) is 4.61. The summed E-state index contributed by atoms with van der Waals surface area (Å²) in [4.78, 5) is 27.8. The highest BCUT2D eigenvalue weighted by atomic mass is 16.5. The summed E-state index contributed by atoms with van der Waals surface area (Å²) in [6.07, 6.45) is 7.86. The molecule has 0 atom stereocenters. The largest absolute Gasteiger partial charge is 0.496 e. The Morgan fingerprint density at radius 3 is 2.48 bits per heavy atom. The molecular weight excluding hydrogens is 414 g/mol. The van der Waals surface area contributed by atoms with Crippen LogP contribution in [0.4, 0.5) is 5.69 Å². The van der Waals surface area contributed by atoms with Gasteiger partial charge in [-0.15, -0.1) is 0 Å². The first-order valence-corrected chi connectivity index (χ1v) is 12.2. The summed E-state index contributed by atoms with van der Waals surface area (Å²) in [5, 5.41) is 6.27. The third-order valence-electron chi connectivity index (χ3n) is 6.85. The molecule has 176 valence electrons. The van der Waals surface area contributed by atoms with Crippen LogP contribution in [-0.2, 0) is 11.3 Å². The molecule has 6 heteroatoms. The van der Waals surface area contributed by atoms with E-state index in [0.29, 0.717) is 17.4 Å². The number of methoxy groups -OCH3 is 1. The van der Waals surface area contributed by atoms with E-state index in [-0.39, 0.29) is 17.7 Å². The highest BCUT2D eigenvalue weighted by molar-refractivity contribution is 6.06. The molecule has 2 amide bonds. The van der Waals surface area contributed by atoms with Crippen molar-refractivity contribution >= 4 is 17.5 Å². The lowest BCUT2D eigenvalue weighted by molar-refractivity contribution is -0.127. The van der Waals surface area contributed by atoms with Gasteiger partial charge in [-0.05, 0) is 68.6 Å². The third kappa shape index (κ3) is 6.35. The van der Waals surface area contributed by atoms with E-state index >= 15 is 0 Å². The summed E-state index contributed by atoms with van der Waals surface area (Å²) in [7, 11) is 1.57. The van der Waals surface area contributed by atoms with Crippen molar-refractivity contribution in [3.8, 4) is 5.75 Å². The fourth-order valence-electron chi connectivity index (χ4n) is 4.96. The standard InChI is InChI=1S/C27H35N3O3/c1-33-25-13-6-5-12-24(25)27(32)29-23-11-7-8-20(18-23)19-30-16-14-21(15-17-30)26(31)28-22-9-3-2-4-10-22/h5-8,11-13,18,21-22H,2-4,9-10,14-17,19H2,1H3,(H,28,31)(H,29,32). The lowest BCUT2D eigenvalue weighted by Crippen LogP contribution is -2.44. The normalized spacial score (nSPS) is 18.0. The molecule has 1 aliphatic carbocycles. The second-order valence-electron chi connectivity index (χ2n) is 9.25. The van der Waals surface area contributed by atoms with Gasteiger partial charge in [0.05, 0.1) is 12.7 Å². The molecule has 1 heterocycles. The minimum absolute atomic E-state index is 0.134. The Kier molecular flexibility index (Phi) is 8.00. The molecule has 1 saturated carbocycles. The Labute approximate surface area is 196 Å². The fraction of sp³-hybridized carbons (Fsp3) is 0.481. The summed E-state index contributed by atoms with van der Waals surface area (Å²) >= 11 is 0. The van der Waals surface area contributed by atoms with Crippen molar-refractivity contribution in [2.45, 2.75) is 57.5 Å². The summed E-state index contributed by atoms with van der Waals surface area (Å²) < 4.78 is 5.30. The number of carbonyl (C=O) groups is 2. The van der Waals surface area contributed by atoms with Crippen molar-refractivity contribution in [1.82, 2.24) is 10.2 Å². The van der Waals surface area contributed by atoms with Gasteiger partial charge in [0.1, 0.15) is 5.75 Å². The van der Waals surface area contributed by atoms with Gasteiger partial charge in [-0.3, -0.25) is 14.5 Å². The zero-order valence-electron chi connectivity index (χ0n) is 19.5. The molecule has 1 aliphatic heterocycles. The molecule has 0 unspecified atom stereocenters. The van der Waals surface area contributed by atoms with Crippen LogP contribution in [0.1, 0.15) is 60.9 Å². The molecule has 0 bridgehead atoms. The molecule has 2 fully saturated rings. The number of hydrogen-bond acceptors (Lipinski definition) is 4. The van der Waals surface area contributed by atoms with E-state index < -0.39 is 0 Å². The molecule has 1 saturated heterocycles. The zero-order valence-corrected chi connectivity index (χ0v) is 19.5. The SMILES string of the molecule is COc1ccccc1C(=O)Nc1cccc(CN2CCC(C(=O)NC3CCCCC3)CC2)c1. The molecule has 0 radical (unpaired) electrons. The highest BCUT2D eigenvalue weighted by Gasteiger charge is 2.27. The van der Waals surface area contributed by atoms with Gasteiger partial charge in [0.15, 0.2) is 0 Å². The predicted molar refractivity (Wildman–Crippen MR) is 130 cm³/mol. The number of piperidine rings is 1. The van der Waals surface area contributed by atoms with Crippen LogP contribution in [0.2, 0.25) is 0 Å². The number of ether oxygens (including phenoxy) is 1. The summed E-state index contributed by atoms with van der Waals surface area (Å²) in [5.41, 5.74) is 2.43. The van der Waals surface area contributed by atoms with Gasteiger partial charge < -0.3 is 15.4 Å². The van der Waals surface area contributed by atoms with Crippen LogP contribution in [-0.4, -0.2) is 43.0 Å². The molecule has 33 heavy (non-hydrogen) atoms. The van der Waals surface area contributed by atoms with Gasteiger partial charge >= 0.3 is 0 Å². The van der Waals surface area contributed by atoms with Crippen LogP contribution < -0.4 is 15.4 Å². The van der Waals surface area contributed by atoms with E-state index in [2.05, 4.69) is 21.6 Å². The Morgan fingerprint density at radius 1 is 0.970 bits per heavy atom. The molecule has 2 aromatic carbocycles. The fourth-order valence-corrected chi connectivity index (χ4v) is 4.96. The number of likely N-dealkylation sites (tertiary alicyclic amines) is 1. The van der Waals surface area contributed by atoms with Crippen LogP contribution in [0.15, 0.2) is 48.5 Å². The molecule has 0 spiro atoms. The topological polar surface area (TPSA) is 70.7 Å². The number of nitrogens with one attached hydrogen (secondary N) is 2. The first-order chi connectivity index (χ1) is 16.1. The van der Waals surface area contributed by atoms with Crippen LogP contribution in [0.5, 0.6) is 5.75 Å². The number of amides is 2. The average molecular weight is 450 g/mol. The maximum atomic E-state index is 12.7. The summed E-state index contributed by atoms with van der Waals surface area (Å²) in [6.45, 7) is 2.65. The number of rotatable bonds is 7. The minimum atomic E-state index is -0.186. The minimum Gasteiger partial charge on any atom is -0.496 e. The van der Waals surface area contributed by atoms with E-state index in [1.807, 2.05) is 30.3 Å². The Bertz CT molecular complexity index is 947. The van der Waals surface area contributed by atoms with Crippen molar-refractivity contribution in [2.24, 2.45) is 5.92 Å². The van der Waals surface area contributed by atoms with Crippen molar-refractivity contribution < 1.29 is 14.3 Å². The van der Waals surface area contributed by atoms with Crippen molar-refractivity contribution in [1.29, 1.82) is 0 Å². The summed E-state index contributed by atoms with van der Waals surface area (Å²) in [6, 6.07) is 15.6. The van der Waals surface area contributed by atoms with E-state index in [9.17, 15) is 9.59 Å². The zero-order chi connectivity index (χ0) is 23.0. The van der Waals surface area contributed by atoms with Crippen LogP contribution >= 0.6 is 0 Å². The second kappa shape index (κ2) is 11.3. The molecule has 0 aromatic heterocycles. The van der Waals surface area contributed by atoms with Crippen molar-refractivity contribution in [2.75, 3.05) is 25.5 Å². The smallest absolute Gasteiger partial charge is 0.259 e. The second-order valence-corrected chi connectivity index (χ2v) is 9.25. The molecular formula is C27H35N3O3. The number of nitrogens with zero attached hydrogens (tertiary/aromatic N) is 1. The Hall–Kier alpha value is -2.86. The van der Waals surface area contributed by atoms with Gasteiger partial charge in [-0.1, -0.05) is 43.5 Å². The number of benzene rings is 2. The van der Waals surface area contributed by atoms with Crippen LogP contribution in [0.3, 0.4) is 0 Å². The van der Waals surface area contributed by atoms with Gasteiger partial charge in [0.2, 0.25) is 5.91 Å². The van der Waals surface area contributed by atoms with Gasteiger partial charge in [-0.25, -0.2) is 0 Å². The highest BCUT2D eigenvalue weighted by Crippen LogP contribution is 2.23. The Morgan fingerprint density at radius 2 is 1.73 bits per heavy atom. The maximum Gasteiger partial charge on any atom is 0.259 e. The monoisotopic (exact) mass is 449 g/mol. The van der Waals surface area contributed by atoms with Crippen molar-refractivity contribution in [3.63, 3.8) is 0 Å². The van der Waals surface area contributed by atoms with E-state index in [1.165, 1.54) is 19.3 Å². The molecule has 6 nitrogen and oxygen atoms in total. The maximum absolute atomic E-state index is 12.7. The molecule has 2 N–H and O–H groups in total. The number of anilines is 1. The van der Waals surface area contributed by atoms with Crippen LogP contribution in [0, 0.1) is 5.92 Å². The molecule has 2 aromatic rings. The summed E-state index contributed by atoms with van der Waals surface area (Å²) in [5.74, 6) is 0.758. The van der Waals surface area contributed by atoms with E-state index in [0.717, 1.165) is 56.6 Å². The van der Waals surface area contributed by atoms with E-state index in [1.54, 1.807) is 19.2 Å². The van der Waals surface area contributed by atoms with Crippen molar-refractivity contribution in [3.05, 3.63) is 59.7 Å². The van der Waals surface area contributed by atoms with E-state index in [4.69, 9.17) is 4.74 Å². The number of hydrogen-bond donors (Lipinski definition) is 2. The Balaban J connectivity index is 1.27. The van der Waals surface area contributed by atoms with Gasteiger partial charge in [-0.2, -0.15) is 0 Å². The van der Waals surface area contributed by atoms with Gasteiger partial charge in [0.25, 0.3) is 5.91 Å². The van der Waals surface area contributed by atoms with Gasteiger partial charge in [0, 0.05) is 24.2 Å².